The van der Waals surface area contributed by atoms with Crippen LogP contribution in [0.15, 0.2) is 48.5 Å². The van der Waals surface area contributed by atoms with Gasteiger partial charge in [0.1, 0.15) is 5.75 Å². The van der Waals surface area contributed by atoms with Gasteiger partial charge in [-0.25, -0.2) is 4.79 Å². The first-order valence-corrected chi connectivity index (χ1v) is 5.08. The molecule has 0 bridgehead atoms. The van der Waals surface area contributed by atoms with Gasteiger partial charge < -0.3 is 16.2 Å². The van der Waals surface area contributed by atoms with Crippen molar-refractivity contribution in [3.8, 4) is 16.9 Å². The van der Waals surface area contributed by atoms with Crippen molar-refractivity contribution in [2.45, 2.75) is 0 Å². The number of rotatable bonds is 2. The van der Waals surface area contributed by atoms with E-state index in [1.165, 1.54) is 0 Å². The number of carbonyl (C=O) groups excluding carboxylic acids is 1. The van der Waals surface area contributed by atoms with Crippen LogP contribution in [0.2, 0.25) is 0 Å². The lowest BCUT2D eigenvalue weighted by Crippen LogP contribution is -2.16. The number of carbonyl (C=O) groups is 1. The summed E-state index contributed by atoms with van der Waals surface area (Å²) < 4.78 is 4.74. The highest BCUT2D eigenvalue weighted by molar-refractivity contribution is 5.70. The summed E-state index contributed by atoms with van der Waals surface area (Å²) in [6.45, 7) is 0. The van der Waals surface area contributed by atoms with Crippen LogP contribution < -0.4 is 16.2 Å². The second-order valence-electron chi connectivity index (χ2n) is 3.57. The first kappa shape index (κ1) is 11.0. The highest BCUT2D eigenvalue weighted by atomic mass is 16.5. The molecule has 0 aliphatic rings. The minimum atomic E-state index is -0.815. The molecule has 0 fully saturated rings. The van der Waals surface area contributed by atoms with Crippen molar-refractivity contribution >= 4 is 11.8 Å². The molecule has 0 spiro atoms. The third-order valence-corrected chi connectivity index (χ3v) is 2.32. The van der Waals surface area contributed by atoms with E-state index in [4.69, 9.17) is 16.2 Å². The normalized spacial score (nSPS) is 9.88. The standard InChI is InChI=1S/C13H12N2O2/c14-11-5-1-9(2-6-11)10-3-7-12(8-4-10)17-13(15)16/h1-8H,14H2,(H2,15,16). The summed E-state index contributed by atoms with van der Waals surface area (Å²) in [5, 5.41) is 0. The Kier molecular flexibility index (Phi) is 2.96. The molecule has 0 heterocycles. The van der Waals surface area contributed by atoms with E-state index < -0.39 is 6.09 Å². The molecule has 0 radical (unpaired) electrons. The average molecular weight is 228 g/mol. The van der Waals surface area contributed by atoms with E-state index in [-0.39, 0.29) is 0 Å². The monoisotopic (exact) mass is 228 g/mol. The van der Waals surface area contributed by atoms with Gasteiger partial charge in [-0.3, -0.25) is 0 Å². The SMILES string of the molecule is NC(=O)Oc1ccc(-c2ccc(N)cc2)cc1. The predicted octanol–water partition coefficient (Wildman–Crippen LogP) is 2.39. The van der Waals surface area contributed by atoms with Crippen LogP contribution in [-0.2, 0) is 0 Å². The fourth-order valence-corrected chi connectivity index (χ4v) is 1.51. The molecule has 4 heteroatoms. The molecule has 0 atom stereocenters. The highest BCUT2D eigenvalue weighted by Crippen LogP contribution is 2.23. The molecule has 17 heavy (non-hydrogen) atoms. The molecular formula is C13H12N2O2. The van der Waals surface area contributed by atoms with Crippen molar-refractivity contribution in [1.29, 1.82) is 0 Å². The molecule has 86 valence electrons. The number of nitrogens with two attached hydrogens (primary N) is 2. The molecule has 2 aromatic rings. The quantitative estimate of drug-likeness (QED) is 0.774. The van der Waals surface area contributed by atoms with Gasteiger partial charge in [-0.1, -0.05) is 24.3 Å². The van der Waals surface area contributed by atoms with Crippen molar-refractivity contribution in [1.82, 2.24) is 0 Å². The Morgan fingerprint density at radius 3 is 1.82 bits per heavy atom. The van der Waals surface area contributed by atoms with Crippen molar-refractivity contribution in [3.05, 3.63) is 48.5 Å². The summed E-state index contributed by atoms with van der Waals surface area (Å²) in [7, 11) is 0. The van der Waals surface area contributed by atoms with E-state index in [9.17, 15) is 4.79 Å². The summed E-state index contributed by atoms with van der Waals surface area (Å²) >= 11 is 0. The smallest absolute Gasteiger partial charge is 0.409 e. The Morgan fingerprint density at radius 1 is 0.882 bits per heavy atom. The Labute approximate surface area is 98.8 Å². The number of primary amides is 1. The number of benzene rings is 2. The number of nitrogen functional groups attached to an aromatic ring is 1. The maximum Gasteiger partial charge on any atom is 0.409 e. The average Bonchev–Trinajstić information content (AvgIpc) is 2.30. The molecule has 0 unspecified atom stereocenters. The predicted molar refractivity (Wildman–Crippen MR) is 66.5 cm³/mol. The minimum Gasteiger partial charge on any atom is -0.411 e. The molecule has 4 N–H and O–H groups in total. The van der Waals surface area contributed by atoms with Crippen LogP contribution in [0, 0.1) is 0 Å². The van der Waals surface area contributed by atoms with Gasteiger partial charge in [-0.05, 0) is 35.4 Å². The summed E-state index contributed by atoms with van der Waals surface area (Å²) in [5.74, 6) is 0.427. The molecule has 0 saturated heterocycles. The van der Waals surface area contributed by atoms with Gasteiger partial charge in [0.05, 0.1) is 0 Å². The van der Waals surface area contributed by atoms with E-state index >= 15 is 0 Å². The van der Waals surface area contributed by atoms with Crippen molar-refractivity contribution < 1.29 is 9.53 Å². The third-order valence-electron chi connectivity index (χ3n) is 2.32. The number of hydrogen-bond acceptors (Lipinski definition) is 3. The molecule has 1 amide bonds. The molecule has 0 saturated carbocycles. The van der Waals surface area contributed by atoms with Gasteiger partial charge in [0, 0.05) is 5.69 Å². The Hall–Kier alpha value is -2.49. The third kappa shape index (κ3) is 2.75. The zero-order valence-electron chi connectivity index (χ0n) is 9.09. The van der Waals surface area contributed by atoms with Gasteiger partial charge in [0.15, 0.2) is 0 Å². The molecule has 2 aromatic carbocycles. The Bertz CT molecular complexity index is 518. The maximum absolute atomic E-state index is 10.5. The lowest BCUT2D eigenvalue weighted by atomic mass is 10.1. The van der Waals surface area contributed by atoms with E-state index in [0.29, 0.717) is 5.75 Å². The van der Waals surface area contributed by atoms with Gasteiger partial charge in [0.25, 0.3) is 0 Å². The second-order valence-corrected chi connectivity index (χ2v) is 3.57. The maximum atomic E-state index is 10.5. The Balaban J connectivity index is 2.23. The number of ether oxygens (including phenoxy) is 1. The summed E-state index contributed by atoms with van der Waals surface area (Å²) in [6.07, 6.45) is -0.815. The molecular weight excluding hydrogens is 216 g/mol. The zero-order valence-corrected chi connectivity index (χ0v) is 9.09. The summed E-state index contributed by atoms with van der Waals surface area (Å²) in [4.78, 5) is 10.5. The van der Waals surface area contributed by atoms with E-state index in [2.05, 4.69) is 0 Å². The van der Waals surface area contributed by atoms with Crippen LogP contribution in [0.3, 0.4) is 0 Å². The van der Waals surface area contributed by atoms with Crippen molar-refractivity contribution in [2.24, 2.45) is 5.73 Å². The van der Waals surface area contributed by atoms with E-state index in [0.717, 1.165) is 16.8 Å². The molecule has 0 aromatic heterocycles. The molecule has 0 aliphatic carbocycles. The van der Waals surface area contributed by atoms with Crippen LogP contribution in [-0.4, -0.2) is 6.09 Å². The van der Waals surface area contributed by atoms with E-state index in [1.807, 2.05) is 36.4 Å². The topological polar surface area (TPSA) is 78.3 Å². The largest absolute Gasteiger partial charge is 0.411 e. The lowest BCUT2D eigenvalue weighted by Gasteiger charge is -2.04. The fraction of sp³-hybridized carbons (Fsp3) is 0. The molecule has 4 nitrogen and oxygen atoms in total. The second kappa shape index (κ2) is 4.57. The van der Waals surface area contributed by atoms with Crippen LogP contribution in [0.25, 0.3) is 11.1 Å². The van der Waals surface area contributed by atoms with Crippen LogP contribution in [0.1, 0.15) is 0 Å². The number of anilines is 1. The van der Waals surface area contributed by atoms with Crippen molar-refractivity contribution in [2.75, 3.05) is 5.73 Å². The van der Waals surface area contributed by atoms with Crippen LogP contribution in [0.4, 0.5) is 10.5 Å². The van der Waals surface area contributed by atoms with Crippen molar-refractivity contribution in [3.63, 3.8) is 0 Å². The minimum absolute atomic E-state index is 0.427. The fourth-order valence-electron chi connectivity index (χ4n) is 1.51. The first-order valence-electron chi connectivity index (χ1n) is 5.08. The Morgan fingerprint density at radius 2 is 1.35 bits per heavy atom. The number of amides is 1. The zero-order chi connectivity index (χ0) is 12.3. The lowest BCUT2D eigenvalue weighted by molar-refractivity contribution is 0.211. The number of hydrogen-bond donors (Lipinski definition) is 2. The van der Waals surface area contributed by atoms with E-state index in [1.54, 1.807) is 12.1 Å². The highest BCUT2D eigenvalue weighted by Gasteiger charge is 2.00. The van der Waals surface area contributed by atoms with Gasteiger partial charge in [-0.15, -0.1) is 0 Å². The summed E-state index contributed by atoms with van der Waals surface area (Å²) in [6, 6.07) is 14.6. The van der Waals surface area contributed by atoms with Crippen LogP contribution in [0.5, 0.6) is 5.75 Å². The van der Waals surface area contributed by atoms with Gasteiger partial charge >= 0.3 is 6.09 Å². The van der Waals surface area contributed by atoms with Crippen LogP contribution >= 0.6 is 0 Å². The molecule has 0 aliphatic heterocycles. The summed E-state index contributed by atoms with van der Waals surface area (Å²) in [5.41, 5.74) is 13.3. The van der Waals surface area contributed by atoms with Gasteiger partial charge in [-0.2, -0.15) is 0 Å². The van der Waals surface area contributed by atoms with Gasteiger partial charge in [0.2, 0.25) is 0 Å². The first-order chi connectivity index (χ1) is 8.15. The molecule has 2 rings (SSSR count).